The molecule has 14 heavy (non-hydrogen) atoms. The molecule has 0 unspecified atom stereocenters. The highest BCUT2D eigenvalue weighted by molar-refractivity contribution is 4.81. The molecule has 0 bridgehead atoms. The molecule has 2 heteroatoms. The lowest BCUT2D eigenvalue weighted by Crippen LogP contribution is -2.31. The minimum absolute atomic E-state index is 0.294. The zero-order chi connectivity index (χ0) is 10.3. The first-order valence-electron chi connectivity index (χ1n) is 6.14. The van der Waals surface area contributed by atoms with Crippen LogP contribution in [-0.2, 0) is 0 Å². The second-order valence-electron chi connectivity index (χ2n) is 4.70. The third-order valence-electron chi connectivity index (χ3n) is 3.35. The number of hydrogen-bond acceptors (Lipinski definition) is 2. The monoisotopic (exact) mass is 199 g/mol. The Hall–Kier alpha value is -0.0800. The van der Waals surface area contributed by atoms with Gasteiger partial charge in [-0.15, -0.1) is 0 Å². The largest absolute Gasteiger partial charge is 0.390 e. The van der Waals surface area contributed by atoms with Gasteiger partial charge < -0.3 is 10.4 Å². The van der Waals surface area contributed by atoms with Crippen molar-refractivity contribution in [3.8, 4) is 0 Å². The van der Waals surface area contributed by atoms with Crippen molar-refractivity contribution in [2.24, 2.45) is 0 Å². The van der Waals surface area contributed by atoms with Crippen LogP contribution in [0.3, 0.4) is 0 Å². The van der Waals surface area contributed by atoms with E-state index in [1.807, 2.05) is 7.05 Å². The van der Waals surface area contributed by atoms with Crippen molar-refractivity contribution in [1.82, 2.24) is 5.32 Å². The molecule has 0 aromatic heterocycles. The van der Waals surface area contributed by atoms with Crippen LogP contribution in [0.5, 0.6) is 0 Å². The molecule has 0 atom stereocenters. The first-order chi connectivity index (χ1) is 6.77. The van der Waals surface area contributed by atoms with Gasteiger partial charge in [0.25, 0.3) is 0 Å². The molecule has 0 aliphatic heterocycles. The van der Waals surface area contributed by atoms with Gasteiger partial charge in [-0.2, -0.15) is 0 Å². The highest BCUT2D eigenvalue weighted by atomic mass is 16.3. The quantitative estimate of drug-likeness (QED) is 0.644. The van der Waals surface area contributed by atoms with E-state index >= 15 is 0 Å². The standard InChI is InChI=1S/C12H25NO/c1-13-11-7-3-6-10-12(14)8-4-2-5-9-12/h13-14H,2-11H2,1H3. The molecular weight excluding hydrogens is 174 g/mol. The maximum atomic E-state index is 10.2. The van der Waals surface area contributed by atoms with Crippen LogP contribution < -0.4 is 5.32 Å². The van der Waals surface area contributed by atoms with Gasteiger partial charge in [0.15, 0.2) is 0 Å². The number of aliphatic hydroxyl groups is 1. The van der Waals surface area contributed by atoms with Crippen molar-refractivity contribution in [3.63, 3.8) is 0 Å². The third kappa shape index (κ3) is 4.43. The first-order valence-corrected chi connectivity index (χ1v) is 6.14. The average Bonchev–Trinajstić information content (AvgIpc) is 2.18. The summed E-state index contributed by atoms with van der Waals surface area (Å²) in [5.74, 6) is 0. The van der Waals surface area contributed by atoms with Crippen LogP contribution in [0.2, 0.25) is 0 Å². The molecule has 0 amide bonds. The van der Waals surface area contributed by atoms with E-state index in [1.165, 1.54) is 38.5 Å². The molecular formula is C12H25NO. The molecule has 1 aliphatic carbocycles. The molecule has 0 aromatic rings. The Labute approximate surface area is 88.1 Å². The van der Waals surface area contributed by atoms with Crippen molar-refractivity contribution < 1.29 is 5.11 Å². The maximum Gasteiger partial charge on any atom is 0.0647 e. The second kappa shape index (κ2) is 6.41. The minimum atomic E-state index is -0.294. The van der Waals surface area contributed by atoms with Crippen molar-refractivity contribution in [1.29, 1.82) is 0 Å². The van der Waals surface area contributed by atoms with Gasteiger partial charge in [-0.05, 0) is 39.3 Å². The highest BCUT2D eigenvalue weighted by Crippen LogP contribution is 2.32. The summed E-state index contributed by atoms with van der Waals surface area (Å²) in [6.07, 6.45) is 10.6. The smallest absolute Gasteiger partial charge is 0.0647 e. The Morgan fingerprint density at radius 3 is 2.43 bits per heavy atom. The molecule has 1 aliphatic rings. The Morgan fingerprint density at radius 1 is 1.07 bits per heavy atom. The fraction of sp³-hybridized carbons (Fsp3) is 1.00. The van der Waals surface area contributed by atoms with Gasteiger partial charge >= 0.3 is 0 Å². The molecule has 1 fully saturated rings. The molecule has 84 valence electrons. The van der Waals surface area contributed by atoms with Crippen LogP contribution in [0, 0.1) is 0 Å². The summed E-state index contributed by atoms with van der Waals surface area (Å²) in [4.78, 5) is 0. The van der Waals surface area contributed by atoms with Gasteiger partial charge in [0.05, 0.1) is 5.60 Å². The summed E-state index contributed by atoms with van der Waals surface area (Å²) in [5, 5.41) is 13.4. The predicted octanol–water partition coefficient (Wildman–Crippen LogP) is 2.46. The molecule has 0 radical (unpaired) electrons. The number of unbranched alkanes of at least 4 members (excludes halogenated alkanes) is 2. The first kappa shape index (κ1) is 12.0. The average molecular weight is 199 g/mol. The molecule has 2 N–H and O–H groups in total. The molecule has 0 spiro atoms. The van der Waals surface area contributed by atoms with Crippen molar-refractivity contribution in [3.05, 3.63) is 0 Å². The molecule has 0 saturated heterocycles. The van der Waals surface area contributed by atoms with Crippen LogP contribution in [0.25, 0.3) is 0 Å². The Bertz CT molecular complexity index is 141. The Balaban J connectivity index is 2.03. The van der Waals surface area contributed by atoms with E-state index in [0.29, 0.717) is 0 Å². The van der Waals surface area contributed by atoms with Gasteiger partial charge in [-0.25, -0.2) is 0 Å². The highest BCUT2D eigenvalue weighted by Gasteiger charge is 2.27. The van der Waals surface area contributed by atoms with Crippen LogP contribution in [0.1, 0.15) is 57.8 Å². The molecule has 0 heterocycles. The molecule has 2 nitrogen and oxygen atoms in total. The fourth-order valence-electron chi connectivity index (χ4n) is 2.39. The van der Waals surface area contributed by atoms with E-state index in [1.54, 1.807) is 0 Å². The summed E-state index contributed by atoms with van der Waals surface area (Å²) < 4.78 is 0. The lowest BCUT2D eigenvalue weighted by molar-refractivity contribution is -0.00583. The van der Waals surface area contributed by atoms with Gasteiger partial charge in [-0.3, -0.25) is 0 Å². The van der Waals surface area contributed by atoms with Crippen LogP contribution in [0.4, 0.5) is 0 Å². The predicted molar refractivity (Wildman–Crippen MR) is 60.4 cm³/mol. The summed E-state index contributed by atoms with van der Waals surface area (Å²) in [6, 6.07) is 0. The van der Waals surface area contributed by atoms with Crippen LogP contribution >= 0.6 is 0 Å². The summed E-state index contributed by atoms with van der Waals surface area (Å²) in [6.45, 7) is 1.11. The van der Waals surface area contributed by atoms with Gasteiger partial charge in [0.2, 0.25) is 0 Å². The van der Waals surface area contributed by atoms with Crippen molar-refractivity contribution in [2.45, 2.75) is 63.4 Å². The van der Waals surface area contributed by atoms with E-state index in [2.05, 4.69) is 5.32 Å². The van der Waals surface area contributed by atoms with Gasteiger partial charge in [0.1, 0.15) is 0 Å². The van der Waals surface area contributed by atoms with Gasteiger partial charge in [0, 0.05) is 0 Å². The topological polar surface area (TPSA) is 32.3 Å². The van der Waals surface area contributed by atoms with E-state index in [-0.39, 0.29) is 5.60 Å². The van der Waals surface area contributed by atoms with Crippen molar-refractivity contribution in [2.75, 3.05) is 13.6 Å². The van der Waals surface area contributed by atoms with E-state index < -0.39 is 0 Å². The summed E-state index contributed by atoms with van der Waals surface area (Å²) >= 11 is 0. The van der Waals surface area contributed by atoms with Crippen LogP contribution in [0.15, 0.2) is 0 Å². The third-order valence-corrected chi connectivity index (χ3v) is 3.35. The zero-order valence-electron chi connectivity index (χ0n) is 9.52. The van der Waals surface area contributed by atoms with E-state index in [9.17, 15) is 5.11 Å². The summed E-state index contributed by atoms with van der Waals surface area (Å²) in [5.41, 5.74) is -0.294. The van der Waals surface area contributed by atoms with Gasteiger partial charge in [-0.1, -0.05) is 32.1 Å². The van der Waals surface area contributed by atoms with Crippen molar-refractivity contribution >= 4 is 0 Å². The number of nitrogens with one attached hydrogen (secondary N) is 1. The number of hydrogen-bond donors (Lipinski definition) is 2. The Kier molecular flexibility index (Phi) is 5.49. The lowest BCUT2D eigenvalue weighted by atomic mass is 9.81. The fourth-order valence-corrected chi connectivity index (χ4v) is 2.39. The SMILES string of the molecule is CNCCCCCC1(O)CCCCC1. The molecule has 1 rings (SSSR count). The Morgan fingerprint density at radius 2 is 1.79 bits per heavy atom. The summed E-state index contributed by atoms with van der Waals surface area (Å²) in [7, 11) is 1.99. The van der Waals surface area contributed by atoms with E-state index in [4.69, 9.17) is 0 Å². The molecule has 1 saturated carbocycles. The normalized spacial score (nSPS) is 21.0. The maximum absolute atomic E-state index is 10.2. The van der Waals surface area contributed by atoms with E-state index in [0.717, 1.165) is 25.8 Å². The molecule has 0 aromatic carbocycles. The minimum Gasteiger partial charge on any atom is -0.390 e. The number of rotatable bonds is 6. The second-order valence-corrected chi connectivity index (χ2v) is 4.70. The zero-order valence-corrected chi connectivity index (χ0v) is 9.52. The van der Waals surface area contributed by atoms with Crippen LogP contribution in [-0.4, -0.2) is 24.3 Å². The lowest BCUT2D eigenvalue weighted by Gasteiger charge is -2.32.